The van der Waals surface area contributed by atoms with Crippen molar-refractivity contribution in [2.24, 2.45) is 0 Å². The highest BCUT2D eigenvalue weighted by atomic mass is 32.2. The van der Waals surface area contributed by atoms with Gasteiger partial charge in [0.1, 0.15) is 5.75 Å². The van der Waals surface area contributed by atoms with Gasteiger partial charge in [0, 0.05) is 24.2 Å². The number of nitro benzene ring substituents is 1. The molecule has 0 saturated carbocycles. The van der Waals surface area contributed by atoms with Gasteiger partial charge in [0.2, 0.25) is 0 Å². The highest BCUT2D eigenvalue weighted by molar-refractivity contribution is 7.92. The number of ether oxygens (including phenoxy) is 1. The molecule has 0 aromatic heterocycles. The Hall–Kier alpha value is -3.96. The van der Waals surface area contributed by atoms with Crippen molar-refractivity contribution in [2.75, 3.05) is 32.5 Å². The molecule has 1 unspecified atom stereocenters. The number of hydrogen-bond acceptors (Lipinski definition) is 7. The molecule has 0 spiro atoms. The van der Waals surface area contributed by atoms with Crippen LogP contribution in [0.25, 0.3) is 0 Å². The number of nitrogens with zero attached hydrogens (tertiary/aromatic N) is 2. The summed E-state index contributed by atoms with van der Waals surface area (Å²) in [7, 11) is 1.08. The van der Waals surface area contributed by atoms with Gasteiger partial charge in [-0.25, -0.2) is 8.42 Å². The Morgan fingerprint density at radius 3 is 2.29 bits per heavy atom. The van der Waals surface area contributed by atoms with Crippen molar-refractivity contribution in [1.29, 1.82) is 0 Å². The van der Waals surface area contributed by atoms with E-state index in [0.29, 0.717) is 12.1 Å². The van der Waals surface area contributed by atoms with Gasteiger partial charge < -0.3 is 15.0 Å². The van der Waals surface area contributed by atoms with Crippen LogP contribution in [0.2, 0.25) is 0 Å². The van der Waals surface area contributed by atoms with Crippen molar-refractivity contribution >= 4 is 27.3 Å². The maximum atomic E-state index is 12.8. The lowest BCUT2D eigenvalue weighted by molar-refractivity contribution is -0.384. The molecule has 35 heavy (non-hydrogen) atoms. The summed E-state index contributed by atoms with van der Waals surface area (Å²) in [5.74, 6) is -0.214. The second-order valence-corrected chi connectivity index (χ2v) is 9.55. The van der Waals surface area contributed by atoms with Gasteiger partial charge in [-0.1, -0.05) is 30.3 Å². The molecular formula is C24H26N4O6S. The number of nitro groups is 1. The van der Waals surface area contributed by atoms with Gasteiger partial charge in [-0.3, -0.25) is 19.6 Å². The molecule has 10 nitrogen and oxygen atoms in total. The molecule has 0 bridgehead atoms. The molecule has 0 aliphatic rings. The van der Waals surface area contributed by atoms with E-state index >= 15 is 0 Å². The summed E-state index contributed by atoms with van der Waals surface area (Å²) >= 11 is 0. The molecule has 2 N–H and O–H groups in total. The standard InChI is InChI=1S/C24H26N4O6S/c1-27(2)22(17-7-5-4-6-8-17)16-25-24(29)18-9-12-20(13-10-18)35(32,33)26-21-15-19(28(30)31)11-14-23(21)34-3/h4-15,22,26H,16H2,1-3H3,(H,25,29). The van der Waals surface area contributed by atoms with Gasteiger partial charge >= 0.3 is 0 Å². The van der Waals surface area contributed by atoms with E-state index in [1.807, 2.05) is 49.3 Å². The number of rotatable bonds is 10. The first-order chi connectivity index (χ1) is 16.6. The topological polar surface area (TPSA) is 131 Å². The minimum atomic E-state index is -4.09. The Labute approximate surface area is 203 Å². The number of carbonyl (C=O) groups excluding carboxylic acids is 1. The molecule has 0 aliphatic heterocycles. The predicted molar refractivity (Wildman–Crippen MR) is 132 cm³/mol. The normalized spacial score (nSPS) is 12.1. The SMILES string of the molecule is COc1ccc([N+](=O)[O-])cc1NS(=O)(=O)c1ccc(C(=O)NCC(c2ccccc2)N(C)C)cc1. The van der Waals surface area contributed by atoms with Gasteiger partial charge in [-0.15, -0.1) is 0 Å². The number of anilines is 1. The van der Waals surface area contributed by atoms with Crippen LogP contribution in [0.3, 0.4) is 0 Å². The predicted octanol–water partition coefficient (Wildman–Crippen LogP) is 3.44. The first-order valence-electron chi connectivity index (χ1n) is 10.6. The summed E-state index contributed by atoms with van der Waals surface area (Å²) in [5, 5.41) is 13.9. The first kappa shape index (κ1) is 25.7. The largest absolute Gasteiger partial charge is 0.495 e. The van der Waals surface area contributed by atoms with Crippen molar-refractivity contribution in [3.63, 3.8) is 0 Å². The van der Waals surface area contributed by atoms with Gasteiger partial charge in [0.25, 0.3) is 21.6 Å². The molecule has 1 amide bonds. The second-order valence-electron chi connectivity index (χ2n) is 7.87. The van der Waals surface area contributed by atoms with Gasteiger partial charge in [-0.2, -0.15) is 0 Å². The smallest absolute Gasteiger partial charge is 0.271 e. The maximum absolute atomic E-state index is 12.8. The highest BCUT2D eigenvalue weighted by Crippen LogP contribution is 2.31. The summed E-state index contributed by atoms with van der Waals surface area (Å²) in [5.41, 5.74) is 0.991. The van der Waals surface area contributed by atoms with E-state index in [4.69, 9.17) is 4.74 Å². The van der Waals surface area contributed by atoms with Crippen molar-refractivity contribution in [2.45, 2.75) is 10.9 Å². The highest BCUT2D eigenvalue weighted by Gasteiger charge is 2.20. The Morgan fingerprint density at radius 1 is 1.06 bits per heavy atom. The lowest BCUT2D eigenvalue weighted by atomic mass is 10.1. The van der Waals surface area contributed by atoms with Gasteiger partial charge in [0.15, 0.2) is 0 Å². The molecule has 3 aromatic rings. The average molecular weight is 499 g/mol. The Balaban J connectivity index is 1.73. The van der Waals surface area contributed by atoms with Crippen LogP contribution >= 0.6 is 0 Å². The zero-order chi connectivity index (χ0) is 25.6. The maximum Gasteiger partial charge on any atom is 0.271 e. The van der Waals surface area contributed by atoms with Gasteiger partial charge in [0.05, 0.1) is 28.7 Å². The summed E-state index contributed by atoms with van der Waals surface area (Å²) in [6, 6.07) is 18.7. The number of likely N-dealkylation sites (N-methyl/N-ethyl adjacent to an activating group) is 1. The number of non-ortho nitro benzene ring substituents is 1. The third-order valence-electron chi connectivity index (χ3n) is 5.33. The molecule has 0 saturated heterocycles. The number of carbonyl (C=O) groups is 1. The second kappa shape index (κ2) is 11.0. The van der Waals surface area contributed by atoms with Crippen LogP contribution in [-0.2, 0) is 10.0 Å². The number of methoxy groups -OCH3 is 1. The molecule has 184 valence electrons. The first-order valence-corrected chi connectivity index (χ1v) is 12.1. The van der Waals surface area contributed by atoms with E-state index in [-0.39, 0.29) is 34.0 Å². The van der Waals surface area contributed by atoms with Crippen molar-refractivity contribution in [3.05, 3.63) is 94.0 Å². The molecule has 0 aliphatic carbocycles. The lowest BCUT2D eigenvalue weighted by Crippen LogP contribution is -2.34. The summed E-state index contributed by atoms with van der Waals surface area (Å²) < 4.78 is 33.1. The molecule has 11 heteroatoms. The lowest BCUT2D eigenvalue weighted by Gasteiger charge is -2.25. The molecular weight excluding hydrogens is 472 g/mol. The molecule has 3 aromatic carbocycles. The Morgan fingerprint density at radius 2 is 1.71 bits per heavy atom. The quantitative estimate of drug-likeness (QED) is 0.323. The fraction of sp³-hybridized carbons (Fsp3) is 0.208. The van der Waals surface area contributed by atoms with E-state index in [9.17, 15) is 23.3 Å². The van der Waals surface area contributed by atoms with Gasteiger partial charge in [-0.05, 0) is 50.0 Å². The number of sulfonamides is 1. The molecule has 1 atom stereocenters. The van der Waals surface area contributed by atoms with E-state index in [0.717, 1.165) is 11.6 Å². The van der Waals surface area contributed by atoms with Crippen LogP contribution in [0, 0.1) is 10.1 Å². The van der Waals surface area contributed by atoms with Crippen LogP contribution < -0.4 is 14.8 Å². The molecule has 3 rings (SSSR count). The van der Waals surface area contributed by atoms with E-state index < -0.39 is 14.9 Å². The Kier molecular flexibility index (Phi) is 8.05. The minimum Gasteiger partial charge on any atom is -0.495 e. The minimum absolute atomic E-state index is 0.0334. The van der Waals surface area contributed by atoms with E-state index in [1.165, 1.54) is 43.5 Å². The average Bonchev–Trinajstić information content (AvgIpc) is 2.84. The number of nitrogens with one attached hydrogen (secondary N) is 2. The van der Waals surface area contributed by atoms with Crippen LogP contribution in [0.4, 0.5) is 11.4 Å². The van der Waals surface area contributed by atoms with E-state index in [1.54, 1.807) is 0 Å². The third kappa shape index (κ3) is 6.34. The van der Waals surface area contributed by atoms with Crippen molar-refractivity contribution < 1.29 is 22.9 Å². The van der Waals surface area contributed by atoms with Crippen LogP contribution in [0.1, 0.15) is 22.0 Å². The number of hydrogen-bond donors (Lipinski definition) is 2. The molecule has 0 heterocycles. The van der Waals surface area contributed by atoms with E-state index in [2.05, 4.69) is 10.0 Å². The summed E-state index contributed by atoms with van der Waals surface area (Å²) in [6.07, 6.45) is 0. The van der Waals surface area contributed by atoms with Crippen LogP contribution in [-0.4, -0.2) is 51.9 Å². The molecule has 0 radical (unpaired) electrons. The van der Waals surface area contributed by atoms with Crippen LogP contribution in [0.15, 0.2) is 77.7 Å². The summed E-state index contributed by atoms with van der Waals surface area (Å²) in [6.45, 7) is 0.365. The zero-order valence-corrected chi connectivity index (χ0v) is 20.3. The van der Waals surface area contributed by atoms with Crippen LogP contribution in [0.5, 0.6) is 5.75 Å². The number of benzene rings is 3. The monoisotopic (exact) mass is 498 g/mol. The molecule has 0 fully saturated rings. The fourth-order valence-electron chi connectivity index (χ4n) is 3.44. The van der Waals surface area contributed by atoms with Crippen molar-refractivity contribution in [1.82, 2.24) is 10.2 Å². The summed E-state index contributed by atoms with van der Waals surface area (Å²) in [4.78, 5) is 25.0. The number of amides is 1. The Bertz CT molecular complexity index is 1300. The third-order valence-corrected chi connectivity index (χ3v) is 6.71. The van der Waals surface area contributed by atoms with Crippen molar-refractivity contribution in [3.8, 4) is 5.75 Å². The fourth-order valence-corrected chi connectivity index (χ4v) is 4.50. The zero-order valence-electron chi connectivity index (χ0n) is 19.5.